The molecule has 0 aliphatic carbocycles. The minimum Gasteiger partial charge on any atom is -0.480 e. The Bertz CT molecular complexity index is 130. The number of carboxylic acid groups (broad SMARTS) is 1. The summed E-state index contributed by atoms with van der Waals surface area (Å²) in [6, 6.07) is -0.932. The smallest absolute Gasteiger partial charge is 0.321 e. The van der Waals surface area contributed by atoms with Gasteiger partial charge in [-0.3, -0.25) is 4.79 Å². The van der Waals surface area contributed by atoms with Crippen molar-refractivity contribution in [3.63, 3.8) is 0 Å². The summed E-state index contributed by atoms with van der Waals surface area (Å²) in [7, 11) is 0. The second kappa shape index (κ2) is 5.36. The molecule has 0 rings (SSSR count). The van der Waals surface area contributed by atoms with E-state index in [0.717, 1.165) is 11.8 Å². The topological polar surface area (TPSA) is 104 Å². The van der Waals surface area contributed by atoms with Gasteiger partial charge in [-0.2, -0.15) is 11.8 Å². The van der Waals surface area contributed by atoms with Gasteiger partial charge in [0.15, 0.2) is 6.29 Å². The van der Waals surface area contributed by atoms with E-state index in [1.807, 2.05) is 0 Å². The highest BCUT2D eigenvalue weighted by Gasteiger charge is 2.11. The van der Waals surface area contributed by atoms with E-state index in [9.17, 15) is 4.79 Å². The molecule has 5 nitrogen and oxygen atoms in total. The van der Waals surface area contributed by atoms with Crippen LogP contribution in [-0.4, -0.2) is 45.1 Å². The van der Waals surface area contributed by atoms with E-state index >= 15 is 0 Å². The molecule has 0 saturated heterocycles. The van der Waals surface area contributed by atoms with Gasteiger partial charge in [0.25, 0.3) is 0 Å². The molecular weight excluding hydrogens is 170 g/mol. The van der Waals surface area contributed by atoms with Gasteiger partial charge < -0.3 is 21.1 Å². The summed E-state index contributed by atoms with van der Waals surface area (Å²) >= 11 is 1.09. The van der Waals surface area contributed by atoms with Crippen molar-refractivity contribution in [2.45, 2.75) is 12.3 Å². The molecule has 0 fully saturated rings. The fourth-order valence-corrected chi connectivity index (χ4v) is 1.12. The largest absolute Gasteiger partial charge is 0.480 e. The van der Waals surface area contributed by atoms with Gasteiger partial charge in [0.1, 0.15) is 6.04 Å². The first-order chi connectivity index (χ1) is 5.04. The molecule has 1 unspecified atom stereocenters. The van der Waals surface area contributed by atoms with Gasteiger partial charge in [-0.05, 0) is 0 Å². The molecule has 0 aliphatic rings. The van der Waals surface area contributed by atoms with E-state index in [-0.39, 0.29) is 11.5 Å². The van der Waals surface area contributed by atoms with E-state index in [1.54, 1.807) is 0 Å². The van der Waals surface area contributed by atoms with Gasteiger partial charge in [-0.25, -0.2) is 0 Å². The van der Waals surface area contributed by atoms with Crippen LogP contribution in [-0.2, 0) is 4.79 Å². The summed E-state index contributed by atoms with van der Waals surface area (Å²) in [5, 5.41) is 25.0. The zero-order chi connectivity index (χ0) is 8.85. The summed E-state index contributed by atoms with van der Waals surface area (Å²) < 4.78 is 0. The average Bonchev–Trinajstić information content (AvgIpc) is 1.86. The lowest BCUT2D eigenvalue weighted by Gasteiger charge is -2.06. The zero-order valence-electron chi connectivity index (χ0n) is 5.80. The summed E-state index contributed by atoms with van der Waals surface area (Å²) in [6.45, 7) is 0. The third-order valence-electron chi connectivity index (χ3n) is 0.882. The second-order valence-electron chi connectivity index (χ2n) is 1.96. The van der Waals surface area contributed by atoms with Crippen LogP contribution in [0.3, 0.4) is 0 Å². The molecule has 6 heteroatoms. The molecule has 0 radical (unpaired) electrons. The van der Waals surface area contributed by atoms with Crippen molar-refractivity contribution in [2.24, 2.45) is 5.73 Å². The van der Waals surface area contributed by atoms with E-state index in [1.165, 1.54) is 0 Å². The fraction of sp³-hybridized carbons (Fsp3) is 0.800. The Morgan fingerprint density at radius 3 is 2.36 bits per heavy atom. The van der Waals surface area contributed by atoms with Crippen molar-refractivity contribution in [2.75, 3.05) is 11.5 Å². The van der Waals surface area contributed by atoms with Crippen molar-refractivity contribution in [1.82, 2.24) is 0 Å². The molecule has 0 heterocycles. The van der Waals surface area contributed by atoms with Crippen LogP contribution >= 0.6 is 11.8 Å². The Kier molecular flexibility index (Phi) is 5.22. The molecule has 0 aliphatic heterocycles. The number of hydrogen-bond acceptors (Lipinski definition) is 5. The third kappa shape index (κ3) is 6.11. The lowest BCUT2D eigenvalue weighted by Crippen LogP contribution is -2.32. The highest BCUT2D eigenvalue weighted by Crippen LogP contribution is 2.02. The molecule has 0 aromatic rings. The number of carboxylic acids is 1. The highest BCUT2D eigenvalue weighted by atomic mass is 32.2. The Balaban J connectivity index is 3.31. The van der Waals surface area contributed by atoms with Crippen molar-refractivity contribution < 1.29 is 20.1 Å². The van der Waals surface area contributed by atoms with Crippen LogP contribution in [0.4, 0.5) is 0 Å². The number of nitrogens with two attached hydrogens (primary N) is 1. The maximum Gasteiger partial charge on any atom is 0.321 e. The Labute approximate surface area is 68.2 Å². The molecule has 0 bridgehead atoms. The summed E-state index contributed by atoms with van der Waals surface area (Å²) in [6.07, 6.45) is -1.40. The molecule has 0 amide bonds. The first-order valence-corrected chi connectivity index (χ1v) is 4.11. The van der Waals surface area contributed by atoms with E-state index in [4.69, 9.17) is 21.1 Å². The number of thioether (sulfide) groups is 1. The Hall–Kier alpha value is -0.300. The number of aliphatic carboxylic acids is 1. The maximum absolute atomic E-state index is 10.1. The molecule has 66 valence electrons. The van der Waals surface area contributed by atoms with E-state index in [0.29, 0.717) is 0 Å². The third-order valence-corrected chi connectivity index (χ3v) is 2.01. The van der Waals surface area contributed by atoms with Crippen LogP contribution in [0.2, 0.25) is 0 Å². The normalized spacial score (nSPS) is 13.5. The van der Waals surface area contributed by atoms with Gasteiger partial charge >= 0.3 is 5.97 Å². The van der Waals surface area contributed by atoms with Gasteiger partial charge in [0, 0.05) is 11.5 Å². The van der Waals surface area contributed by atoms with Crippen molar-refractivity contribution >= 4 is 17.7 Å². The van der Waals surface area contributed by atoms with Crippen LogP contribution < -0.4 is 5.73 Å². The molecule has 0 spiro atoms. The van der Waals surface area contributed by atoms with Gasteiger partial charge in [-0.1, -0.05) is 0 Å². The van der Waals surface area contributed by atoms with Crippen molar-refractivity contribution in [1.29, 1.82) is 0 Å². The van der Waals surface area contributed by atoms with Crippen LogP contribution in [0.15, 0.2) is 0 Å². The number of rotatable bonds is 5. The van der Waals surface area contributed by atoms with Gasteiger partial charge in [0.2, 0.25) is 0 Å². The van der Waals surface area contributed by atoms with E-state index in [2.05, 4.69) is 0 Å². The standard InChI is InChI=1S/C5H11NO4S/c6-3(5(9)10)1-11-2-4(7)8/h3-4,7-8H,1-2,6H2,(H,9,10). The molecule has 1 atom stereocenters. The molecule has 0 aromatic carbocycles. The van der Waals surface area contributed by atoms with Crippen molar-refractivity contribution in [3.8, 4) is 0 Å². The number of carbonyl (C=O) groups is 1. The minimum absolute atomic E-state index is 0.0843. The summed E-state index contributed by atoms with van der Waals surface area (Å²) in [5.41, 5.74) is 5.12. The molecule has 11 heavy (non-hydrogen) atoms. The average molecular weight is 181 g/mol. The predicted octanol–water partition coefficient (Wildman–Crippen LogP) is -1.56. The van der Waals surface area contributed by atoms with Crippen LogP contribution in [0.5, 0.6) is 0 Å². The molecular formula is C5H11NO4S. The Morgan fingerprint density at radius 2 is 2.00 bits per heavy atom. The van der Waals surface area contributed by atoms with Gasteiger partial charge in [0.05, 0.1) is 0 Å². The van der Waals surface area contributed by atoms with E-state index < -0.39 is 18.3 Å². The number of aliphatic hydroxyl groups is 2. The van der Waals surface area contributed by atoms with Gasteiger partial charge in [-0.15, -0.1) is 0 Å². The lowest BCUT2D eigenvalue weighted by atomic mass is 10.4. The highest BCUT2D eigenvalue weighted by molar-refractivity contribution is 7.99. The monoisotopic (exact) mass is 181 g/mol. The maximum atomic E-state index is 10.1. The quantitative estimate of drug-likeness (QED) is 0.382. The second-order valence-corrected chi connectivity index (χ2v) is 3.04. The number of aliphatic hydroxyl groups excluding tert-OH is 1. The first-order valence-electron chi connectivity index (χ1n) is 2.96. The van der Waals surface area contributed by atoms with Crippen molar-refractivity contribution in [3.05, 3.63) is 0 Å². The first kappa shape index (κ1) is 10.7. The molecule has 5 N–H and O–H groups in total. The summed E-state index contributed by atoms with van der Waals surface area (Å²) in [4.78, 5) is 10.1. The fourth-order valence-electron chi connectivity index (χ4n) is 0.372. The van der Waals surface area contributed by atoms with Crippen LogP contribution in [0.1, 0.15) is 0 Å². The molecule has 0 aromatic heterocycles. The summed E-state index contributed by atoms with van der Waals surface area (Å²) in [5.74, 6) is -0.807. The Morgan fingerprint density at radius 1 is 1.45 bits per heavy atom. The van der Waals surface area contributed by atoms with Crippen LogP contribution in [0.25, 0.3) is 0 Å². The predicted molar refractivity (Wildman–Crippen MR) is 41.2 cm³/mol. The lowest BCUT2D eigenvalue weighted by molar-refractivity contribution is -0.137. The number of hydrogen-bond donors (Lipinski definition) is 4. The SMILES string of the molecule is NC(CSCC(O)O)C(=O)O. The van der Waals surface area contributed by atoms with Crippen LogP contribution in [0, 0.1) is 0 Å². The zero-order valence-corrected chi connectivity index (χ0v) is 6.62. The molecule has 0 saturated carbocycles. The minimum atomic E-state index is -1.40.